The number of fused-ring (bicyclic) bond motifs is 1. The number of carbonyl (C=O) groups is 1. The summed E-state index contributed by atoms with van der Waals surface area (Å²) >= 11 is 6.31. The van der Waals surface area contributed by atoms with Crippen LogP contribution in [0.3, 0.4) is 0 Å². The summed E-state index contributed by atoms with van der Waals surface area (Å²) in [5, 5.41) is 5.28. The first-order valence-corrected chi connectivity index (χ1v) is 10.1. The van der Waals surface area contributed by atoms with Gasteiger partial charge in [-0.15, -0.1) is 0 Å². The fourth-order valence-electron chi connectivity index (χ4n) is 4.07. The minimum Gasteiger partial charge on any atom is -0.347 e. The Bertz CT molecular complexity index is 1080. The smallest absolute Gasteiger partial charge is 0.257 e. The van der Waals surface area contributed by atoms with E-state index in [9.17, 15) is 4.79 Å². The number of likely N-dealkylation sites (tertiary alicyclic amines) is 1. The van der Waals surface area contributed by atoms with Crippen molar-refractivity contribution in [2.45, 2.75) is 25.6 Å². The Hall–Kier alpha value is -2.48. The third-order valence-electron chi connectivity index (χ3n) is 5.73. The van der Waals surface area contributed by atoms with Crippen molar-refractivity contribution in [3.05, 3.63) is 52.8 Å². The maximum Gasteiger partial charge on any atom is 0.257 e. The lowest BCUT2D eigenvalue weighted by molar-refractivity contribution is -0.181. The highest BCUT2D eigenvalue weighted by molar-refractivity contribution is 6.33. The number of aromatic nitrogens is 3. The predicted octanol–water partition coefficient (Wildman–Crippen LogP) is 3.34. The molecule has 0 radical (unpaired) electrons. The fraction of sp³-hybridized carbons (Fsp3) is 0.381. The Balaban J connectivity index is 1.43. The Labute approximate surface area is 173 Å². The summed E-state index contributed by atoms with van der Waals surface area (Å²) in [5.74, 6) is -0.542. The summed E-state index contributed by atoms with van der Waals surface area (Å²) in [5.41, 5.74) is 3.55. The molecule has 0 aliphatic carbocycles. The van der Waals surface area contributed by atoms with Gasteiger partial charge in [0.15, 0.2) is 11.4 Å². The maximum absolute atomic E-state index is 13.1. The van der Waals surface area contributed by atoms with Gasteiger partial charge in [0.05, 0.1) is 35.2 Å². The molecule has 29 heavy (non-hydrogen) atoms. The molecule has 2 fully saturated rings. The number of amides is 1. The van der Waals surface area contributed by atoms with E-state index < -0.39 is 5.79 Å². The van der Waals surface area contributed by atoms with Crippen molar-refractivity contribution >= 4 is 23.2 Å². The van der Waals surface area contributed by atoms with E-state index in [-0.39, 0.29) is 5.91 Å². The van der Waals surface area contributed by atoms with Gasteiger partial charge in [0, 0.05) is 43.8 Å². The zero-order valence-electron chi connectivity index (χ0n) is 16.1. The molecule has 4 heterocycles. The lowest BCUT2D eigenvalue weighted by Crippen LogP contribution is -2.47. The van der Waals surface area contributed by atoms with Crippen LogP contribution >= 0.6 is 11.6 Å². The molecule has 0 atom stereocenters. The number of carbonyl (C=O) groups excluding carboxylic acids is 1. The van der Waals surface area contributed by atoms with Crippen LogP contribution in [0.4, 0.5) is 0 Å². The van der Waals surface area contributed by atoms with Crippen LogP contribution in [0.5, 0.6) is 0 Å². The van der Waals surface area contributed by atoms with Gasteiger partial charge in [-0.05, 0) is 13.0 Å². The molecule has 150 valence electrons. The highest BCUT2D eigenvalue weighted by atomic mass is 35.5. The van der Waals surface area contributed by atoms with Crippen molar-refractivity contribution in [3.8, 4) is 11.3 Å². The van der Waals surface area contributed by atoms with E-state index in [1.54, 1.807) is 10.7 Å². The number of benzene rings is 1. The molecule has 3 aromatic rings. The van der Waals surface area contributed by atoms with Gasteiger partial charge >= 0.3 is 0 Å². The molecule has 1 spiro atoms. The summed E-state index contributed by atoms with van der Waals surface area (Å²) in [6.07, 6.45) is 3.01. The van der Waals surface area contributed by atoms with E-state index in [0.717, 1.165) is 17.0 Å². The molecule has 0 saturated carbocycles. The zero-order chi connectivity index (χ0) is 20.0. The van der Waals surface area contributed by atoms with Crippen molar-refractivity contribution in [2.24, 2.45) is 0 Å². The maximum atomic E-state index is 13.1. The van der Waals surface area contributed by atoms with Gasteiger partial charge in [-0.2, -0.15) is 5.10 Å². The summed E-state index contributed by atoms with van der Waals surface area (Å²) in [6, 6.07) is 9.43. The first-order valence-electron chi connectivity index (χ1n) is 9.74. The van der Waals surface area contributed by atoms with Gasteiger partial charge in [-0.25, -0.2) is 9.50 Å². The monoisotopic (exact) mass is 412 g/mol. The molecular formula is C21H21ClN4O3. The molecule has 0 unspecified atom stereocenters. The van der Waals surface area contributed by atoms with Gasteiger partial charge in [0.2, 0.25) is 0 Å². The average Bonchev–Trinajstić information content (AvgIpc) is 3.37. The van der Waals surface area contributed by atoms with Crippen molar-refractivity contribution in [1.82, 2.24) is 19.5 Å². The van der Waals surface area contributed by atoms with Crippen LogP contribution in [-0.4, -0.2) is 57.5 Å². The van der Waals surface area contributed by atoms with E-state index >= 15 is 0 Å². The SMILES string of the molecule is Cc1c(C(=O)N2CCC3(CC2)OCCO3)cnc2cc(-c3ccccc3Cl)nn12. The summed E-state index contributed by atoms with van der Waals surface area (Å²) in [6.45, 7) is 4.34. The number of piperidine rings is 1. The number of rotatable bonds is 2. The second-order valence-corrected chi connectivity index (χ2v) is 7.84. The molecule has 1 aromatic carbocycles. The van der Waals surface area contributed by atoms with E-state index in [4.69, 9.17) is 21.1 Å². The van der Waals surface area contributed by atoms with Crippen molar-refractivity contribution in [1.29, 1.82) is 0 Å². The molecular weight excluding hydrogens is 392 g/mol. The van der Waals surface area contributed by atoms with Gasteiger partial charge in [0.1, 0.15) is 0 Å². The molecule has 0 bridgehead atoms. The molecule has 8 heteroatoms. The summed E-state index contributed by atoms with van der Waals surface area (Å²) in [4.78, 5) is 19.4. The first-order chi connectivity index (χ1) is 14.1. The first kappa shape index (κ1) is 18.5. The average molecular weight is 413 g/mol. The van der Waals surface area contributed by atoms with E-state index in [2.05, 4.69) is 10.1 Å². The normalized spacial score (nSPS) is 18.6. The number of halogens is 1. The lowest BCUT2D eigenvalue weighted by Gasteiger charge is -2.37. The Morgan fingerprint density at radius 1 is 1.17 bits per heavy atom. The van der Waals surface area contributed by atoms with Crippen LogP contribution < -0.4 is 0 Å². The van der Waals surface area contributed by atoms with Crippen LogP contribution in [0.1, 0.15) is 28.9 Å². The molecule has 2 aromatic heterocycles. The Morgan fingerprint density at radius 3 is 2.62 bits per heavy atom. The van der Waals surface area contributed by atoms with Gasteiger partial charge in [-0.3, -0.25) is 4.79 Å². The summed E-state index contributed by atoms with van der Waals surface area (Å²) < 4.78 is 13.2. The molecule has 2 aliphatic heterocycles. The topological polar surface area (TPSA) is 69.0 Å². The Morgan fingerprint density at radius 2 is 1.90 bits per heavy atom. The van der Waals surface area contributed by atoms with Crippen LogP contribution in [0, 0.1) is 6.92 Å². The van der Waals surface area contributed by atoms with E-state index in [1.165, 1.54) is 0 Å². The van der Waals surface area contributed by atoms with E-state index in [1.807, 2.05) is 42.2 Å². The van der Waals surface area contributed by atoms with Gasteiger partial charge < -0.3 is 14.4 Å². The molecule has 1 amide bonds. The number of hydrogen-bond acceptors (Lipinski definition) is 5. The van der Waals surface area contributed by atoms with Gasteiger partial charge in [0.25, 0.3) is 5.91 Å². The molecule has 5 rings (SSSR count). The largest absolute Gasteiger partial charge is 0.347 e. The minimum atomic E-state index is -0.500. The van der Waals surface area contributed by atoms with Crippen LogP contribution in [-0.2, 0) is 9.47 Å². The number of ether oxygens (including phenoxy) is 2. The van der Waals surface area contributed by atoms with E-state index in [0.29, 0.717) is 55.4 Å². The minimum absolute atomic E-state index is 0.0421. The van der Waals surface area contributed by atoms with Crippen LogP contribution in [0.25, 0.3) is 16.9 Å². The molecule has 7 nitrogen and oxygen atoms in total. The zero-order valence-corrected chi connectivity index (χ0v) is 16.9. The fourth-order valence-corrected chi connectivity index (χ4v) is 4.30. The third-order valence-corrected chi connectivity index (χ3v) is 6.06. The molecule has 2 saturated heterocycles. The number of nitrogens with zero attached hydrogens (tertiary/aromatic N) is 4. The van der Waals surface area contributed by atoms with Crippen molar-refractivity contribution in [3.63, 3.8) is 0 Å². The number of hydrogen-bond donors (Lipinski definition) is 0. The van der Waals surface area contributed by atoms with Crippen LogP contribution in [0.15, 0.2) is 36.5 Å². The number of aryl methyl sites for hydroxylation is 1. The molecule has 0 N–H and O–H groups in total. The van der Waals surface area contributed by atoms with Crippen LogP contribution in [0.2, 0.25) is 5.02 Å². The quantitative estimate of drug-likeness (QED) is 0.645. The van der Waals surface area contributed by atoms with Crippen molar-refractivity contribution in [2.75, 3.05) is 26.3 Å². The van der Waals surface area contributed by atoms with Gasteiger partial charge in [-0.1, -0.05) is 29.8 Å². The second-order valence-electron chi connectivity index (χ2n) is 7.44. The Kier molecular flexibility index (Phi) is 4.53. The standard InChI is InChI=1S/C21H21ClN4O3/c1-14-16(20(27)25-8-6-21(7-9-25)28-10-11-29-21)13-23-19-12-18(24-26(14)19)15-4-2-3-5-17(15)22/h2-5,12-13H,6-11H2,1H3. The second kappa shape index (κ2) is 7.09. The third kappa shape index (κ3) is 3.19. The highest BCUT2D eigenvalue weighted by Gasteiger charge is 2.41. The predicted molar refractivity (Wildman–Crippen MR) is 108 cm³/mol. The lowest BCUT2D eigenvalue weighted by atomic mass is 10.0. The molecule has 2 aliphatic rings. The summed E-state index contributed by atoms with van der Waals surface area (Å²) in [7, 11) is 0. The highest BCUT2D eigenvalue weighted by Crippen LogP contribution is 2.32. The van der Waals surface area contributed by atoms with Crippen molar-refractivity contribution < 1.29 is 14.3 Å².